The molecule has 8 nitrogen and oxygen atoms in total. The Labute approximate surface area is 178 Å². The first-order chi connectivity index (χ1) is 14.7. The van der Waals surface area contributed by atoms with Gasteiger partial charge in [0.15, 0.2) is 17.0 Å². The van der Waals surface area contributed by atoms with Crippen molar-refractivity contribution in [2.45, 2.75) is 64.1 Å². The monoisotopic (exact) mass is 414 g/mol. The van der Waals surface area contributed by atoms with Gasteiger partial charge in [-0.1, -0.05) is 13.3 Å². The summed E-state index contributed by atoms with van der Waals surface area (Å²) in [5.74, 6) is 0.973. The van der Waals surface area contributed by atoms with Crippen molar-refractivity contribution in [2.24, 2.45) is 5.41 Å². The summed E-state index contributed by atoms with van der Waals surface area (Å²) >= 11 is 0. The van der Waals surface area contributed by atoms with Crippen LogP contribution in [0.3, 0.4) is 0 Å². The lowest BCUT2D eigenvalue weighted by Gasteiger charge is -2.48. The Hall–Kier alpha value is -1.77. The fraction of sp³-hybridized carbons (Fsp3) is 0.773. The number of aromatic nitrogens is 4. The Balaban J connectivity index is 1.45. The topological polar surface area (TPSA) is 79.5 Å². The second kappa shape index (κ2) is 8.40. The molecule has 3 saturated heterocycles. The van der Waals surface area contributed by atoms with Gasteiger partial charge in [-0.25, -0.2) is 15.0 Å². The summed E-state index contributed by atoms with van der Waals surface area (Å²) in [5.41, 5.74) is 1.61. The Morgan fingerprint density at radius 3 is 2.83 bits per heavy atom. The molecule has 2 atom stereocenters. The minimum atomic E-state index is -0.156. The fourth-order valence-corrected chi connectivity index (χ4v) is 5.59. The average molecular weight is 415 g/mol. The third-order valence-corrected chi connectivity index (χ3v) is 7.56. The summed E-state index contributed by atoms with van der Waals surface area (Å²) < 4.78 is 7.64. The molecule has 3 aliphatic rings. The number of piperazine rings is 1. The predicted octanol–water partition coefficient (Wildman–Crippen LogP) is 2.07. The Morgan fingerprint density at radius 1 is 1.17 bits per heavy atom. The van der Waals surface area contributed by atoms with Gasteiger partial charge in [0.1, 0.15) is 6.33 Å². The number of aliphatic hydroxyl groups is 1. The zero-order valence-corrected chi connectivity index (χ0v) is 18.0. The molecule has 0 radical (unpaired) electrons. The lowest BCUT2D eigenvalue weighted by molar-refractivity contribution is -0.0248. The molecule has 1 N–H and O–H groups in total. The normalized spacial score (nSPS) is 27.3. The van der Waals surface area contributed by atoms with Crippen molar-refractivity contribution in [1.29, 1.82) is 0 Å². The molecule has 5 rings (SSSR count). The molecule has 0 amide bonds. The van der Waals surface area contributed by atoms with E-state index in [0.29, 0.717) is 31.8 Å². The highest BCUT2D eigenvalue weighted by Crippen LogP contribution is 2.35. The van der Waals surface area contributed by atoms with E-state index in [0.717, 1.165) is 49.3 Å². The van der Waals surface area contributed by atoms with Crippen molar-refractivity contribution in [3.63, 3.8) is 0 Å². The van der Waals surface area contributed by atoms with Gasteiger partial charge < -0.3 is 19.3 Å². The molecular formula is C22H34N6O2. The molecule has 8 heteroatoms. The van der Waals surface area contributed by atoms with Gasteiger partial charge in [-0.2, -0.15) is 0 Å². The molecule has 164 valence electrons. The van der Waals surface area contributed by atoms with Crippen molar-refractivity contribution >= 4 is 17.0 Å². The van der Waals surface area contributed by atoms with Crippen LogP contribution in [0, 0.1) is 5.41 Å². The van der Waals surface area contributed by atoms with Crippen LogP contribution >= 0.6 is 0 Å². The molecular weight excluding hydrogens is 380 g/mol. The van der Waals surface area contributed by atoms with E-state index in [4.69, 9.17) is 14.7 Å². The molecule has 3 fully saturated rings. The Morgan fingerprint density at radius 2 is 2.03 bits per heavy atom. The van der Waals surface area contributed by atoms with E-state index in [-0.39, 0.29) is 12.0 Å². The highest BCUT2D eigenvalue weighted by Gasteiger charge is 2.37. The van der Waals surface area contributed by atoms with Crippen LogP contribution in [0.1, 0.15) is 45.4 Å². The first-order valence-corrected chi connectivity index (χ1v) is 11.6. The van der Waals surface area contributed by atoms with Crippen molar-refractivity contribution in [2.75, 3.05) is 44.4 Å². The highest BCUT2D eigenvalue weighted by molar-refractivity contribution is 5.83. The maximum Gasteiger partial charge on any atom is 0.165 e. The SMILES string of the molecule is CCC1CN2CCCCC2CN1c1ncnc2c1ncn2CC1(CO)CCOCC1. The summed E-state index contributed by atoms with van der Waals surface area (Å²) in [6, 6.07) is 1.08. The van der Waals surface area contributed by atoms with Crippen LogP contribution in [0.5, 0.6) is 0 Å². The molecule has 0 aromatic carbocycles. The number of hydrogen-bond donors (Lipinski definition) is 1. The lowest BCUT2D eigenvalue weighted by Crippen LogP contribution is -2.59. The van der Waals surface area contributed by atoms with Crippen molar-refractivity contribution in [1.82, 2.24) is 24.4 Å². The van der Waals surface area contributed by atoms with Gasteiger partial charge in [0.2, 0.25) is 0 Å². The van der Waals surface area contributed by atoms with Crippen molar-refractivity contribution in [3.8, 4) is 0 Å². The number of nitrogens with zero attached hydrogens (tertiary/aromatic N) is 6. The van der Waals surface area contributed by atoms with Crippen LogP contribution in [-0.2, 0) is 11.3 Å². The maximum absolute atomic E-state index is 10.1. The van der Waals surface area contributed by atoms with Crippen LogP contribution in [-0.4, -0.2) is 81.1 Å². The summed E-state index contributed by atoms with van der Waals surface area (Å²) in [6.07, 6.45) is 10.3. The van der Waals surface area contributed by atoms with E-state index in [1.165, 1.54) is 25.8 Å². The summed E-state index contributed by atoms with van der Waals surface area (Å²) in [6.45, 7) is 7.93. The first kappa shape index (κ1) is 20.2. The van der Waals surface area contributed by atoms with E-state index in [9.17, 15) is 5.11 Å². The number of aliphatic hydroxyl groups excluding tert-OH is 1. The van der Waals surface area contributed by atoms with Crippen LogP contribution in [0.2, 0.25) is 0 Å². The summed E-state index contributed by atoms with van der Waals surface area (Å²) in [7, 11) is 0. The van der Waals surface area contributed by atoms with Crippen molar-refractivity contribution < 1.29 is 9.84 Å². The third kappa shape index (κ3) is 3.59. The lowest BCUT2D eigenvalue weighted by atomic mass is 9.81. The number of rotatable bonds is 5. The number of piperidine rings is 1. The standard InChI is InChI=1S/C22H34N6O2/c1-2-17-11-26-8-4-3-5-18(26)12-28(17)21-19-20(23-15-24-21)27(16-25-19)13-22(14-29)6-9-30-10-7-22/h15-18,29H,2-14H2,1H3. The maximum atomic E-state index is 10.1. The smallest absolute Gasteiger partial charge is 0.165 e. The second-order valence-corrected chi connectivity index (χ2v) is 9.37. The molecule has 2 aromatic heterocycles. The third-order valence-electron chi connectivity index (χ3n) is 7.56. The second-order valence-electron chi connectivity index (χ2n) is 9.37. The molecule has 0 bridgehead atoms. The van der Waals surface area contributed by atoms with Gasteiger partial charge in [0.25, 0.3) is 0 Å². The Kier molecular flexibility index (Phi) is 5.64. The number of ether oxygens (including phenoxy) is 1. The van der Waals surface area contributed by atoms with E-state index >= 15 is 0 Å². The Bertz CT molecular complexity index is 864. The van der Waals surface area contributed by atoms with E-state index in [1.807, 2.05) is 6.33 Å². The number of hydrogen-bond acceptors (Lipinski definition) is 7. The minimum absolute atomic E-state index is 0.156. The van der Waals surface area contributed by atoms with Crippen LogP contribution < -0.4 is 4.90 Å². The van der Waals surface area contributed by atoms with Gasteiger partial charge in [-0.15, -0.1) is 0 Å². The number of imidazole rings is 1. The van der Waals surface area contributed by atoms with Gasteiger partial charge >= 0.3 is 0 Å². The van der Waals surface area contributed by atoms with Crippen LogP contribution in [0.25, 0.3) is 11.2 Å². The minimum Gasteiger partial charge on any atom is -0.396 e. The first-order valence-electron chi connectivity index (χ1n) is 11.6. The zero-order valence-electron chi connectivity index (χ0n) is 18.0. The van der Waals surface area contributed by atoms with Crippen LogP contribution in [0.15, 0.2) is 12.7 Å². The quantitative estimate of drug-likeness (QED) is 0.802. The molecule has 3 aliphatic heterocycles. The average Bonchev–Trinajstić information content (AvgIpc) is 3.21. The van der Waals surface area contributed by atoms with Gasteiger partial charge in [0.05, 0.1) is 12.9 Å². The predicted molar refractivity (Wildman–Crippen MR) is 116 cm³/mol. The van der Waals surface area contributed by atoms with Gasteiger partial charge in [0, 0.05) is 50.3 Å². The molecule has 5 heterocycles. The number of fused-ring (bicyclic) bond motifs is 2. The van der Waals surface area contributed by atoms with Gasteiger partial charge in [-0.05, 0) is 38.6 Å². The van der Waals surface area contributed by atoms with Gasteiger partial charge in [-0.3, -0.25) is 4.90 Å². The molecule has 2 aromatic rings. The highest BCUT2D eigenvalue weighted by atomic mass is 16.5. The molecule has 0 aliphatic carbocycles. The summed E-state index contributed by atoms with van der Waals surface area (Å²) in [4.78, 5) is 19.3. The largest absolute Gasteiger partial charge is 0.396 e. The number of anilines is 1. The molecule has 0 spiro atoms. The molecule has 2 unspecified atom stereocenters. The van der Waals surface area contributed by atoms with Crippen LogP contribution in [0.4, 0.5) is 5.82 Å². The van der Waals surface area contributed by atoms with E-state index in [1.54, 1.807) is 6.33 Å². The summed E-state index contributed by atoms with van der Waals surface area (Å²) in [5, 5.41) is 10.1. The molecule has 0 saturated carbocycles. The molecule has 30 heavy (non-hydrogen) atoms. The van der Waals surface area contributed by atoms with Crippen molar-refractivity contribution in [3.05, 3.63) is 12.7 Å². The van der Waals surface area contributed by atoms with E-state index < -0.39 is 0 Å². The fourth-order valence-electron chi connectivity index (χ4n) is 5.59. The van der Waals surface area contributed by atoms with E-state index in [2.05, 4.69) is 26.3 Å². The zero-order chi connectivity index (χ0) is 20.6.